The highest BCUT2D eigenvalue weighted by atomic mass is 35.5. The number of benzene rings is 3. The predicted molar refractivity (Wildman–Crippen MR) is 116 cm³/mol. The molecular formula is C24H20ClNO3. The van der Waals surface area contributed by atoms with Gasteiger partial charge in [0.1, 0.15) is 13.2 Å². The van der Waals surface area contributed by atoms with Gasteiger partial charge in [0.25, 0.3) is 5.91 Å². The van der Waals surface area contributed by atoms with Crippen LogP contribution in [-0.4, -0.2) is 25.7 Å². The Morgan fingerprint density at radius 1 is 0.931 bits per heavy atom. The van der Waals surface area contributed by atoms with Gasteiger partial charge in [-0.05, 0) is 35.9 Å². The molecule has 0 bridgehead atoms. The molecule has 0 saturated heterocycles. The van der Waals surface area contributed by atoms with E-state index in [9.17, 15) is 4.79 Å². The summed E-state index contributed by atoms with van der Waals surface area (Å²) in [6, 6.07) is 22.5. The number of fused-ring (bicyclic) bond motifs is 1. The maximum Gasteiger partial charge on any atom is 0.258 e. The van der Waals surface area contributed by atoms with E-state index in [0.717, 1.165) is 11.3 Å². The van der Waals surface area contributed by atoms with Gasteiger partial charge < -0.3 is 14.4 Å². The van der Waals surface area contributed by atoms with E-state index >= 15 is 0 Å². The first-order chi connectivity index (χ1) is 14.2. The van der Waals surface area contributed by atoms with E-state index in [0.29, 0.717) is 41.8 Å². The summed E-state index contributed by atoms with van der Waals surface area (Å²) in [5.41, 5.74) is 2.34. The van der Waals surface area contributed by atoms with Crippen molar-refractivity contribution in [1.82, 2.24) is 0 Å². The average molecular weight is 406 g/mol. The van der Waals surface area contributed by atoms with Crippen LogP contribution in [0.1, 0.15) is 15.9 Å². The largest absolute Gasteiger partial charge is 0.486 e. The highest BCUT2D eigenvalue weighted by Crippen LogP contribution is 2.34. The van der Waals surface area contributed by atoms with Gasteiger partial charge in [-0.1, -0.05) is 60.2 Å². The van der Waals surface area contributed by atoms with Crippen molar-refractivity contribution in [3.05, 3.63) is 95.0 Å². The quantitative estimate of drug-likeness (QED) is 0.564. The number of rotatable bonds is 5. The zero-order valence-corrected chi connectivity index (χ0v) is 16.5. The zero-order chi connectivity index (χ0) is 20.1. The Bertz CT molecular complexity index is 1030. The molecule has 146 valence electrons. The van der Waals surface area contributed by atoms with E-state index < -0.39 is 0 Å². The van der Waals surface area contributed by atoms with E-state index in [1.807, 2.05) is 60.7 Å². The van der Waals surface area contributed by atoms with E-state index in [1.165, 1.54) is 0 Å². The minimum absolute atomic E-state index is 0.137. The van der Waals surface area contributed by atoms with Crippen LogP contribution in [0.5, 0.6) is 11.5 Å². The Hall–Kier alpha value is -3.24. The van der Waals surface area contributed by atoms with Gasteiger partial charge in [0.05, 0.1) is 0 Å². The molecule has 1 amide bonds. The van der Waals surface area contributed by atoms with Crippen molar-refractivity contribution in [3.8, 4) is 11.5 Å². The molecule has 1 aliphatic rings. The summed E-state index contributed by atoms with van der Waals surface area (Å²) in [7, 11) is 0. The molecule has 5 heteroatoms. The summed E-state index contributed by atoms with van der Waals surface area (Å²) in [6.07, 6.45) is 3.96. The Kier molecular flexibility index (Phi) is 5.82. The minimum atomic E-state index is -0.137. The second kappa shape index (κ2) is 8.84. The Morgan fingerprint density at radius 2 is 1.72 bits per heavy atom. The first-order valence-electron chi connectivity index (χ1n) is 9.39. The van der Waals surface area contributed by atoms with Crippen LogP contribution in [0.2, 0.25) is 5.02 Å². The fourth-order valence-electron chi connectivity index (χ4n) is 3.14. The highest BCUT2D eigenvalue weighted by Gasteiger charge is 2.20. The zero-order valence-electron chi connectivity index (χ0n) is 15.8. The third-order valence-electron chi connectivity index (χ3n) is 4.55. The molecule has 0 N–H and O–H groups in total. The van der Waals surface area contributed by atoms with Gasteiger partial charge in [0.15, 0.2) is 11.5 Å². The lowest BCUT2D eigenvalue weighted by Gasteiger charge is -2.24. The number of halogens is 1. The second-order valence-corrected chi connectivity index (χ2v) is 7.00. The normalized spacial score (nSPS) is 12.7. The molecule has 0 radical (unpaired) electrons. The molecular weight excluding hydrogens is 386 g/mol. The third kappa shape index (κ3) is 4.61. The molecule has 0 saturated carbocycles. The van der Waals surface area contributed by atoms with Crippen molar-refractivity contribution < 1.29 is 14.3 Å². The van der Waals surface area contributed by atoms with Gasteiger partial charge in [-0.25, -0.2) is 0 Å². The van der Waals surface area contributed by atoms with E-state index in [1.54, 1.807) is 29.2 Å². The summed E-state index contributed by atoms with van der Waals surface area (Å²) in [4.78, 5) is 15.0. The van der Waals surface area contributed by atoms with E-state index in [2.05, 4.69) is 0 Å². The van der Waals surface area contributed by atoms with Gasteiger partial charge in [-0.2, -0.15) is 0 Å². The Labute approximate surface area is 174 Å². The first kappa shape index (κ1) is 19.1. The number of ether oxygens (including phenoxy) is 2. The molecule has 4 rings (SSSR count). The number of carbonyl (C=O) groups is 1. The molecule has 0 spiro atoms. The maximum atomic E-state index is 13.3. The Balaban J connectivity index is 1.65. The maximum absolute atomic E-state index is 13.3. The van der Waals surface area contributed by atoms with Gasteiger partial charge in [0.2, 0.25) is 0 Å². The molecule has 3 aromatic rings. The van der Waals surface area contributed by atoms with E-state index in [4.69, 9.17) is 21.1 Å². The van der Waals surface area contributed by atoms with Crippen LogP contribution >= 0.6 is 11.6 Å². The topological polar surface area (TPSA) is 38.8 Å². The molecule has 0 fully saturated rings. The van der Waals surface area contributed by atoms with Crippen LogP contribution in [0.3, 0.4) is 0 Å². The number of amides is 1. The van der Waals surface area contributed by atoms with Crippen LogP contribution in [0.25, 0.3) is 6.08 Å². The Morgan fingerprint density at radius 3 is 2.52 bits per heavy atom. The van der Waals surface area contributed by atoms with Gasteiger partial charge in [-0.15, -0.1) is 0 Å². The fraction of sp³-hybridized carbons (Fsp3) is 0.125. The molecule has 0 atom stereocenters. The molecule has 29 heavy (non-hydrogen) atoms. The van der Waals surface area contributed by atoms with Crippen LogP contribution in [0.15, 0.2) is 78.9 Å². The van der Waals surface area contributed by atoms with Gasteiger partial charge in [0, 0.05) is 28.9 Å². The summed E-state index contributed by atoms with van der Waals surface area (Å²) >= 11 is 6.10. The highest BCUT2D eigenvalue weighted by molar-refractivity contribution is 6.31. The van der Waals surface area contributed by atoms with Crippen LogP contribution in [0, 0.1) is 0 Å². The van der Waals surface area contributed by atoms with Crippen molar-refractivity contribution in [1.29, 1.82) is 0 Å². The van der Waals surface area contributed by atoms with Crippen LogP contribution in [-0.2, 0) is 0 Å². The minimum Gasteiger partial charge on any atom is -0.486 e. The standard InChI is InChI=1S/C24H20ClNO3/c25-20-10-4-9-19(16-20)24(27)26(13-5-8-18-6-2-1-3-7-18)21-11-12-22-23(17-21)29-15-14-28-22/h1-12,16-17H,13-15H2/b8-5+. The molecule has 4 nitrogen and oxygen atoms in total. The smallest absolute Gasteiger partial charge is 0.258 e. The lowest BCUT2D eigenvalue weighted by molar-refractivity contribution is 0.0989. The molecule has 0 unspecified atom stereocenters. The van der Waals surface area contributed by atoms with E-state index in [-0.39, 0.29) is 5.91 Å². The predicted octanol–water partition coefficient (Wildman–Crippen LogP) is 5.47. The number of anilines is 1. The first-order valence-corrected chi connectivity index (χ1v) is 9.77. The monoisotopic (exact) mass is 405 g/mol. The van der Waals surface area contributed by atoms with Crippen molar-refractivity contribution >= 4 is 29.3 Å². The van der Waals surface area contributed by atoms with Crippen LogP contribution in [0.4, 0.5) is 5.69 Å². The lowest BCUT2D eigenvalue weighted by atomic mass is 10.1. The van der Waals surface area contributed by atoms with Crippen LogP contribution < -0.4 is 14.4 Å². The molecule has 1 heterocycles. The molecule has 1 aliphatic heterocycles. The number of nitrogens with zero attached hydrogens (tertiary/aromatic N) is 1. The SMILES string of the molecule is O=C(c1cccc(Cl)c1)N(C/C=C/c1ccccc1)c1ccc2c(c1)OCCO2. The second-order valence-electron chi connectivity index (χ2n) is 6.57. The van der Waals surface area contributed by atoms with Crippen molar-refractivity contribution in [2.24, 2.45) is 0 Å². The summed E-state index contributed by atoms with van der Waals surface area (Å²) < 4.78 is 11.3. The van der Waals surface area contributed by atoms with Gasteiger partial charge >= 0.3 is 0 Å². The lowest BCUT2D eigenvalue weighted by Crippen LogP contribution is -2.31. The van der Waals surface area contributed by atoms with Crippen molar-refractivity contribution in [2.45, 2.75) is 0 Å². The number of hydrogen-bond donors (Lipinski definition) is 0. The van der Waals surface area contributed by atoms with Crippen molar-refractivity contribution in [3.63, 3.8) is 0 Å². The number of hydrogen-bond acceptors (Lipinski definition) is 3. The molecule has 3 aromatic carbocycles. The summed E-state index contributed by atoms with van der Waals surface area (Å²) in [5, 5.41) is 0.526. The fourth-order valence-corrected chi connectivity index (χ4v) is 3.33. The summed E-state index contributed by atoms with van der Waals surface area (Å²) in [6.45, 7) is 1.42. The third-order valence-corrected chi connectivity index (χ3v) is 4.79. The van der Waals surface area contributed by atoms with Gasteiger partial charge in [-0.3, -0.25) is 4.79 Å². The molecule has 0 aromatic heterocycles. The number of carbonyl (C=O) groups excluding carboxylic acids is 1. The van der Waals surface area contributed by atoms with Crippen molar-refractivity contribution in [2.75, 3.05) is 24.7 Å². The average Bonchev–Trinajstić information content (AvgIpc) is 2.77. The summed E-state index contributed by atoms with van der Waals surface area (Å²) in [5.74, 6) is 1.20. The molecule has 0 aliphatic carbocycles.